The Kier molecular flexibility index (Phi) is 6.67. The molecule has 0 spiro atoms. The second-order valence-electron chi connectivity index (χ2n) is 10.6. The number of rotatable bonds is 8. The van der Waals surface area contributed by atoms with Crippen molar-refractivity contribution in [1.82, 2.24) is 35.1 Å². The molecule has 3 radical (unpaired) electrons. The highest BCUT2D eigenvalue weighted by atomic mass is 28.1. The van der Waals surface area contributed by atoms with Crippen LogP contribution < -0.4 is 10.1 Å². The minimum absolute atomic E-state index is 0.000000633. The van der Waals surface area contributed by atoms with Crippen LogP contribution in [0.2, 0.25) is 6.04 Å². The number of fused-ring (bicyclic) bond motifs is 1. The Morgan fingerprint density at radius 2 is 1.86 bits per heavy atom. The third kappa shape index (κ3) is 5.20. The Morgan fingerprint density at radius 3 is 2.53 bits per heavy atom. The number of benzene rings is 1. The van der Waals surface area contributed by atoms with E-state index in [0.717, 1.165) is 46.7 Å². The Hall–Kier alpha value is -3.08. The summed E-state index contributed by atoms with van der Waals surface area (Å²) in [6, 6.07) is 10.6. The summed E-state index contributed by atoms with van der Waals surface area (Å²) in [5, 5.41) is 22.6. The highest BCUT2D eigenvalue weighted by Gasteiger charge is 2.38. The van der Waals surface area contributed by atoms with E-state index in [1.54, 1.807) is 6.20 Å². The Balaban J connectivity index is 1.44. The van der Waals surface area contributed by atoms with Crippen molar-refractivity contribution in [2.24, 2.45) is 0 Å². The second-order valence-corrected chi connectivity index (χ2v) is 11.1. The quantitative estimate of drug-likeness (QED) is 0.288. The molecule has 1 aliphatic rings. The van der Waals surface area contributed by atoms with Crippen LogP contribution in [0.1, 0.15) is 40.5 Å². The smallest absolute Gasteiger partial charge is 0.233 e. The maximum atomic E-state index is 6.27. The highest BCUT2D eigenvalue weighted by Crippen LogP contribution is 2.33. The van der Waals surface area contributed by atoms with Crippen molar-refractivity contribution in [3.63, 3.8) is 0 Å². The van der Waals surface area contributed by atoms with E-state index < -0.39 is 0 Å². The molecule has 1 saturated heterocycles. The lowest BCUT2D eigenvalue weighted by Crippen LogP contribution is -2.60. The molecule has 36 heavy (non-hydrogen) atoms. The maximum Gasteiger partial charge on any atom is 0.233 e. The molecule has 10 heteroatoms. The van der Waals surface area contributed by atoms with E-state index >= 15 is 0 Å². The first kappa shape index (κ1) is 24.6. The first-order valence-electron chi connectivity index (χ1n) is 12.3. The summed E-state index contributed by atoms with van der Waals surface area (Å²) < 4.78 is 15.7. The number of nitrogens with one attached hydrogen (secondary N) is 1. The number of ether oxygens (including phenoxy) is 2. The fraction of sp³-hybridized carbons (Fsp3) is 0.462. The third-order valence-electron chi connectivity index (χ3n) is 6.35. The highest BCUT2D eigenvalue weighted by molar-refractivity contribution is 6.08. The van der Waals surface area contributed by atoms with E-state index in [0.29, 0.717) is 19.2 Å². The molecule has 9 nitrogen and oxygen atoms in total. The molecule has 1 N–H and O–H groups in total. The van der Waals surface area contributed by atoms with Crippen LogP contribution >= 0.6 is 0 Å². The monoisotopic (exact) mass is 502 g/mol. The predicted octanol–water partition coefficient (Wildman–Crippen LogP) is 3.93. The number of hydrogen-bond donors (Lipinski definition) is 1. The minimum Gasteiger partial charge on any atom is -0.473 e. The van der Waals surface area contributed by atoms with E-state index in [9.17, 15) is 0 Å². The van der Waals surface area contributed by atoms with Crippen LogP contribution in [-0.2, 0) is 11.5 Å². The molecule has 0 bridgehead atoms. The molecule has 187 valence electrons. The molecule has 0 atom stereocenters. The van der Waals surface area contributed by atoms with Gasteiger partial charge >= 0.3 is 0 Å². The SMILES string of the molecule is CC1(C)CC(Oc2ccc(-c3ccc(-n4cccn4)c4c3cnn4COCC[Si])nn2)CC(C)(C)N1. The Morgan fingerprint density at radius 1 is 1.06 bits per heavy atom. The molecule has 1 aromatic carbocycles. The molecule has 0 unspecified atom stereocenters. The molecule has 4 aromatic rings. The number of hydrogen-bond acceptors (Lipinski definition) is 7. The van der Waals surface area contributed by atoms with Gasteiger partial charge in [-0.15, -0.1) is 10.2 Å². The summed E-state index contributed by atoms with van der Waals surface area (Å²) in [6.07, 6.45) is 7.42. The van der Waals surface area contributed by atoms with Gasteiger partial charge in [0.05, 0.1) is 23.1 Å². The fourth-order valence-corrected chi connectivity index (χ4v) is 5.48. The van der Waals surface area contributed by atoms with Crippen LogP contribution in [0.15, 0.2) is 48.9 Å². The van der Waals surface area contributed by atoms with Gasteiger partial charge in [-0.25, -0.2) is 9.36 Å². The summed E-state index contributed by atoms with van der Waals surface area (Å²) in [5.74, 6) is 0.542. The topological polar surface area (TPSA) is 91.9 Å². The average Bonchev–Trinajstić information content (AvgIpc) is 3.48. The van der Waals surface area contributed by atoms with Gasteiger partial charge in [0.15, 0.2) is 0 Å². The van der Waals surface area contributed by atoms with Gasteiger partial charge in [0.1, 0.15) is 12.8 Å². The first-order valence-corrected chi connectivity index (χ1v) is 13.0. The van der Waals surface area contributed by atoms with Crippen molar-refractivity contribution in [2.45, 2.75) is 70.5 Å². The standard InChI is InChI=1S/C26H32N7O2Si/c1-25(2)14-18(15-26(3,4)31-25)35-23-9-7-21(29-30-23)19-6-8-22(32-11-5-10-27-32)24-20(19)16-28-33(24)17-34-12-13-36/h5-11,16,18,31H,12-15,17H2,1-4H3. The van der Waals surface area contributed by atoms with Gasteiger partial charge in [0, 0.05) is 70.2 Å². The summed E-state index contributed by atoms with van der Waals surface area (Å²) >= 11 is 0. The van der Waals surface area contributed by atoms with Crippen LogP contribution in [0, 0.1) is 0 Å². The van der Waals surface area contributed by atoms with Crippen LogP contribution in [0.4, 0.5) is 0 Å². The summed E-state index contributed by atoms with van der Waals surface area (Å²) in [4.78, 5) is 0. The van der Waals surface area contributed by atoms with E-state index in [1.165, 1.54) is 0 Å². The van der Waals surface area contributed by atoms with Crippen molar-refractivity contribution in [3.05, 3.63) is 48.9 Å². The zero-order valence-electron chi connectivity index (χ0n) is 21.2. The molecule has 5 rings (SSSR count). The third-order valence-corrected chi connectivity index (χ3v) is 6.55. The van der Waals surface area contributed by atoms with Gasteiger partial charge < -0.3 is 14.8 Å². The number of aromatic nitrogens is 6. The summed E-state index contributed by atoms with van der Waals surface area (Å²) in [6.45, 7) is 9.77. The van der Waals surface area contributed by atoms with Gasteiger partial charge in [-0.1, -0.05) is 0 Å². The van der Waals surface area contributed by atoms with Crippen LogP contribution in [0.25, 0.3) is 27.8 Å². The van der Waals surface area contributed by atoms with E-state index in [4.69, 9.17) is 9.47 Å². The Labute approximate surface area is 214 Å². The van der Waals surface area contributed by atoms with Crippen molar-refractivity contribution >= 4 is 21.1 Å². The van der Waals surface area contributed by atoms with Crippen LogP contribution in [0.3, 0.4) is 0 Å². The largest absolute Gasteiger partial charge is 0.473 e. The van der Waals surface area contributed by atoms with Gasteiger partial charge in [0.25, 0.3) is 0 Å². The normalized spacial score (nSPS) is 17.5. The van der Waals surface area contributed by atoms with E-state index in [1.807, 2.05) is 52.1 Å². The molecule has 4 heterocycles. The lowest BCUT2D eigenvalue weighted by molar-refractivity contribution is 0.0524. The lowest BCUT2D eigenvalue weighted by Gasteiger charge is -2.46. The van der Waals surface area contributed by atoms with Crippen LogP contribution in [-0.4, -0.2) is 63.8 Å². The molecule has 3 aromatic heterocycles. The summed E-state index contributed by atoms with van der Waals surface area (Å²) in [5.41, 5.74) is 3.54. The number of piperidine rings is 1. The zero-order chi connectivity index (χ0) is 25.3. The predicted molar refractivity (Wildman–Crippen MR) is 139 cm³/mol. The van der Waals surface area contributed by atoms with Crippen molar-refractivity contribution in [1.29, 1.82) is 0 Å². The Bertz CT molecular complexity index is 1300. The molecular formula is C26H32N7O2Si. The van der Waals surface area contributed by atoms with Crippen LogP contribution in [0.5, 0.6) is 5.88 Å². The molecule has 0 amide bonds. The van der Waals surface area contributed by atoms with E-state index in [-0.39, 0.29) is 17.2 Å². The molecule has 0 saturated carbocycles. The minimum atomic E-state index is 0.000000633. The van der Waals surface area contributed by atoms with Gasteiger partial charge in [-0.3, -0.25) is 0 Å². The number of nitrogens with zero attached hydrogens (tertiary/aromatic N) is 6. The van der Waals surface area contributed by atoms with Gasteiger partial charge in [-0.05, 0) is 58.0 Å². The first-order chi connectivity index (χ1) is 17.2. The lowest BCUT2D eigenvalue weighted by atomic mass is 9.81. The average molecular weight is 503 g/mol. The summed E-state index contributed by atoms with van der Waals surface area (Å²) in [7, 11) is 3.45. The molecular weight excluding hydrogens is 470 g/mol. The fourth-order valence-electron chi connectivity index (χ4n) is 5.33. The van der Waals surface area contributed by atoms with Gasteiger partial charge in [-0.2, -0.15) is 10.2 Å². The van der Waals surface area contributed by atoms with Gasteiger partial charge in [0.2, 0.25) is 5.88 Å². The van der Waals surface area contributed by atoms with Crippen molar-refractivity contribution in [3.8, 4) is 22.8 Å². The van der Waals surface area contributed by atoms with E-state index in [2.05, 4.69) is 63.6 Å². The molecule has 0 aliphatic carbocycles. The second kappa shape index (κ2) is 9.76. The maximum absolute atomic E-state index is 6.27. The van der Waals surface area contributed by atoms with Crippen molar-refractivity contribution in [2.75, 3.05) is 6.61 Å². The molecule has 1 aliphatic heterocycles. The zero-order valence-corrected chi connectivity index (χ0v) is 22.2. The molecule has 1 fully saturated rings. The van der Waals surface area contributed by atoms with Crippen molar-refractivity contribution < 1.29 is 9.47 Å².